The van der Waals surface area contributed by atoms with Gasteiger partial charge >= 0.3 is 0 Å². The van der Waals surface area contributed by atoms with Crippen molar-refractivity contribution >= 4 is 23.7 Å². The summed E-state index contributed by atoms with van der Waals surface area (Å²) in [5.41, 5.74) is 0. The van der Waals surface area contributed by atoms with Crippen LogP contribution in [0.15, 0.2) is 22.0 Å². The Bertz CT molecular complexity index is 467. The molecule has 2 heterocycles. The van der Waals surface area contributed by atoms with Gasteiger partial charge < -0.3 is 9.84 Å². The zero-order chi connectivity index (χ0) is 11.5. The first-order valence-corrected chi connectivity index (χ1v) is 6.82. The quantitative estimate of drug-likeness (QED) is 0.886. The highest BCUT2D eigenvalue weighted by molar-refractivity contribution is 7.09. The molecule has 0 radical (unpaired) electrons. The number of nitrogens with zero attached hydrogens (tertiary/aromatic N) is 2. The second-order valence-electron chi connectivity index (χ2n) is 4.43. The lowest BCUT2D eigenvalue weighted by Gasteiger charge is -1.97. The molecule has 0 spiro atoms. The summed E-state index contributed by atoms with van der Waals surface area (Å²) in [5.74, 6) is 2.34. The van der Waals surface area contributed by atoms with Crippen LogP contribution in [0.1, 0.15) is 29.4 Å². The van der Waals surface area contributed by atoms with Crippen molar-refractivity contribution in [2.45, 2.75) is 25.8 Å². The van der Waals surface area contributed by atoms with Gasteiger partial charge in [0.05, 0.1) is 6.54 Å². The largest absolute Gasteiger partial charge is 0.338 e. The highest BCUT2D eigenvalue weighted by Gasteiger charge is 2.20. The summed E-state index contributed by atoms with van der Waals surface area (Å²) in [6.45, 7) is 1.76. The molecule has 1 aliphatic carbocycles. The molecular weight excluding hydrogens is 270 g/mol. The van der Waals surface area contributed by atoms with E-state index in [1.54, 1.807) is 11.3 Å². The minimum atomic E-state index is 0. The molecule has 3 rings (SSSR count). The van der Waals surface area contributed by atoms with Gasteiger partial charge in [0.1, 0.15) is 0 Å². The van der Waals surface area contributed by atoms with Gasteiger partial charge in [0, 0.05) is 11.3 Å². The Balaban J connectivity index is 0.00000120. The Morgan fingerprint density at radius 2 is 2.33 bits per heavy atom. The molecule has 0 unspecified atom stereocenters. The van der Waals surface area contributed by atoms with Gasteiger partial charge in [-0.1, -0.05) is 11.2 Å². The van der Waals surface area contributed by atoms with E-state index in [1.807, 2.05) is 6.07 Å². The smallest absolute Gasteiger partial charge is 0.240 e. The van der Waals surface area contributed by atoms with Crippen LogP contribution in [-0.2, 0) is 13.0 Å². The minimum absolute atomic E-state index is 0. The van der Waals surface area contributed by atoms with Gasteiger partial charge in [-0.3, -0.25) is 0 Å². The summed E-state index contributed by atoms with van der Waals surface area (Å²) in [6.07, 6.45) is 3.49. The number of nitrogens with one attached hydrogen (secondary N) is 1. The molecule has 1 saturated carbocycles. The monoisotopic (exact) mass is 285 g/mol. The summed E-state index contributed by atoms with van der Waals surface area (Å²) in [5, 5.41) is 9.39. The molecule has 1 aliphatic rings. The molecule has 0 aromatic carbocycles. The van der Waals surface area contributed by atoms with E-state index in [-0.39, 0.29) is 12.4 Å². The van der Waals surface area contributed by atoms with E-state index in [2.05, 4.69) is 26.9 Å². The van der Waals surface area contributed by atoms with Crippen LogP contribution in [0.2, 0.25) is 0 Å². The lowest BCUT2D eigenvalue weighted by molar-refractivity contribution is 0.362. The van der Waals surface area contributed by atoms with Crippen molar-refractivity contribution in [3.8, 4) is 0 Å². The third-order valence-electron chi connectivity index (χ3n) is 2.83. The summed E-state index contributed by atoms with van der Waals surface area (Å²) in [4.78, 5) is 5.64. The second-order valence-corrected chi connectivity index (χ2v) is 5.47. The van der Waals surface area contributed by atoms with E-state index in [9.17, 15) is 0 Å². The maximum atomic E-state index is 5.20. The Kier molecular flexibility index (Phi) is 4.74. The zero-order valence-corrected chi connectivity index (χ0v) is 11.6. The van der Waals surface area contributed by atoms with Gasteiger partial charge in [0.15, 0.2) is 5.82 Å². The topological polar surface area (TPSA) is 51.0 Å². The van der Waals surface area contributed by atoms with E-state index >= 15 is 0 Å². The standard InChI is InChI=1S/C12H15N3OS.ClH/c1-2-10(17-5-1)6-11-14-12(16-15-11)8-13-7-9-3-4-9;/h1-2,5,9,13H,3-4,6-8H2;1H. The molecule has 1 fully saturated rings. The number of hydrogen-bond acceptors (Lipinski definition) is 5. The molecule has 4 nitrogen and oxygen atoms in total. The molecule has 18 heavy (non-hydrogen) atoms. The number of hydrogen-bond donors (Lipinski definition) is 1. The maximum absolute atomic E-state index is 5.20. The van der Waals surface area contributed by atoms with Gasteiger partial charge in [0.25, 0.3) is 0 Å². The first-order valence-electron chi connectivity index (χ1n) is 5.95. The second kappa shape index (κ2) is 6.31. The highest BCUT2D eigenvalue weighted by Crippen LogP contribution is 2.27. The van der Waals surface area contributed by atoms with Crippen LogP contribution in [0.5, 0.6) is 0 Å². The van der Waals surface area contributed by atoms with Crippen molar-refractivity contribution in [1.82, 2.24) is 15.5 Å². The van der Waals surface area contributed by atoms with Crippen LogP contribution in [0.3, 0.4) is 0 Å². The van der Waals surface area contributed by atoms with E-state index in [1.165, 1.54) is 17.7 Å². The van der Waals surface area contributed by atoms with Gasteiger partial charge in [0.2, 0.25) is 5.89 Å². The number of halogens is 1. The molecule has 0 amide bonds. The number of rotatable bonds is 6. The van der Waals surface area contributed by atoms with Crippen molar-refractivity contribution < 1.29 is 4.52 Å². The normalized spacial score (nSPS) is 14.4. The van der Waals surface area contributed by atoms with Crippen molar-refractivity contribution in [3.05, 3.63) is 34.1 Å². The molecule has 2 aromatic rings. The number of thiophene rings is 1. The molecule has 2 aromatic heterocycles. The molecular formula is C12H16ClN3OS. The lowest BCUT2D eigenvalue weighted by Crippen LogP contribution is -2.16. The van der Waals surface area contributed by atoms with Crippen molar-refractivity contribution in [2.24, 2.45) is 5.92 Å². The van der Waals surface area contributed by atoms with Crippen LogP contribution in [0.4, 0.5) is 0 Å². The Hall–Kier alpha value is -0.910. The van der Waals surface area contributed by atoms with Gasteiger partial charge in [-0.05, 0) is 36.8 Å². The zero-order valence-electron chi connectivity index (χ0n) is 9.96. The van der Waals surface area contributed by atoms with Crippen LogP contribution >= 0.6 is 23.7 Å². The van der Waals surface area contributed by atoms with Gasteiger partial charge in [-0.25, -0.2) is 0 Å². The van der Waals surface area contributed by atoms with Crippen molar-refractivity contribution in [2.75, 3.05) is 6.54 Å². The molecule has 0 aliphatic heterocycles. The SMILES string of the molecule is Cl.c1csc(Cc2noc(CNCC3CC3)n2)c1. The van der Waals surface area contributed by atoms with E-state index in [4.69, 9.17) is 4.52 Å². The van der Waals surface area contributed by atoms with Crippen molar-refractivity contribution in [3.63, 3.8) is 0 Å². The lowest BCUT2D eigenvalue weighted by atomic mass is 10.3. The first-order chi connectivity index (χ1) is 8.40. The maximum Gasteiger partial charge on any atom is 0.240 e. The Morgan fingerprint density at radius 1 is 1.44 bits per heavy atom. The summed E-state index contributed by atoms with van der Waals surface area (Å²) < 4.78 is 5.20. The van der Waals surface area contributed by atoms with E-state index in [0.717, 1.165) is 24.7 Å². The fourth-order valence-electron chi connectivity index (χ4n) is 1.71. The molecule has 6 heteroatoms. The predicted octanol–water partition coefficient (Wildman–Crippen LogP) is 2.64. The highest BCUT2D eigenvalue weighted by atomic mass is 35.5. The summed E-state index contributed by atoms with van der Waals surface area (Å²) >= 11 is 1.72. The molecule has 0 bridgehead atoms. The summed E-state index contributed by atoms with van der Waals surface area (Å²) in [6, 6.07) is 4.13. The molecule has 0 saturated heterocycles. The van der Waals surface area contributed by atoms with E-state index in [0.29, 0.717) is 12.4 Å². The van der Waals surface area contributed by atoms with Crippen LogP contribution in [-0.4, -0.2) is 16.7 Å². The first kappa shape index (κ1) is 13.5. The Morgan fingerprint density at radius 3 is 3.06 bits per heavy atom. The van der Waals surface area contributed by atoms with Crippen LogP contribution in [0, 0.1) is 5.92 Å². The third kappa shape index (κ3) is 3.80. The van der Waals surface area contributed by atoms with Crippen LogP contribution < -0.4 is 5.32 Å². The molecule has 0 atom stereocenters. The van der Waals surface area contributed by atoms with Gasteiger partial charge in [-0.15, -0.1) is 23.7 Å². The predicted molar refractivity (Wildman–Crippen MR) is 73.1 cm³/mol. The average molecular weight is 286 g/mol. The van der Waals surface area contributed by atoms with Gasteiger partial charge in [-0.2, -0.15) is 4.98 Å². The van der Waals surface area contributed by atoms with E-state index < -0.39 is 0 Å². The number of aromatic nitrogens is 2. The Labute approximate surface area is 116 Å². The molecule has 98 valence electrons. The fourth-order valence-corrected chi connectivity index (χ4v) is 2.41. The third-order valence-corrected chi connectivity index (χ3v) is 3.71. The molecule has 1 N–H and O–H groups in total. The van der Waals surface area contributed by atoms with Crippen molar-refractivity contribution in [1.29, 1.82) is 0 Å². The summed E-state index contributed by atoms with van der Waals surface area (Å²) in [7, 11) is 0. The minimum Gasteiger partial charge on any atom is -0.338 e. The fraction of sp³-hybridized carbons (Fsp3) is 0.500. The average Bonchev–Trinajstić information content (AvgIpc) is 2.83. The van der Waals surface area contributed by atoms with Crippen LogP contribution in [0.25, 0.3) is 0 Å².